The summed E-state index contributed by atoms with van der Waals surface area (Å²) in [7, 11) is 3.00. The first-order valence-corrected chi connectivity index (χ1v) is 13.9. The van der Waals surface area contributed by atoms with Crippen LogP contribution in [0.4, 0.5) is 0 Å². The lowest BCUT2D eigenvalue weighted by Gasteiger charge is -2.22. The van der Waals surface area contributed by atoms with Gasteiger partial charge in [-0.3, -0.25) is 14.4 Å². The van der Waals surface area contributed by atoms with Crippen molar-refractivity contribution < 1.29 is 33.3 Å². The van der Waals surface area contributed by atoms with Crippen LogP contribution in [0.5, 0.6) is 23.0 Å². The highest BCUT2D eigenvalue weighted by atomic mass is 35.5. The molecule has 4 bridgehead atoms. The average molecular weight is 614 g/mol. The van der Waals surface area contributed by atoms with Gasteiger partial charge in [-0.25, -0.2) is 0 Å². The molecule has 6 rings (SSSR count). The van der Waals surface area contributed by atoms with E-state index < -0.39 is 18.1 Å². The van der Waals surface area contributed by atoms with Gasteiger partial charge in [-0.2, -0.15) is 0 Å². The summed E-state index contributed by atoms with van der Waals surface area (Å²) in [5.74, 6) is 0.756. The van der Waals surface area contributed by atoms with E-state index in [1.807, 2.05) is 0 Å². The molecule has 0 radical (unpaired) electrons. The Bertz CT molecular complexity index is 1520. The van der Waals surface area contributed by atoms with Crippen molar-refractivity contribution in [1.82, 2.24) is 15.5 Å². The molecular weight excluding hydrogens is 585 g/mol. The fourth-order valence-corrected chi connectivity index (χ4v) is 5.16. The van der Waals surface area contributed by atoms with Crippen molar-refractivity contribution in [1.29, 1.82) is 0 Å². The third kappa shape index (κ3) is 6.83. The van der Waals surface area contributed by atoms with E-state index in [0.717, 1.165) is 11.1 Å². The maximum absolute atomic E-state index is 13.5. The molecule has 3 heterocycles. The Morgan fingerprint density at radius 2 is 1.81 bits per heavy atom. The van der Waals surface area contributed by atoms with Gasteiger partial charge in [0.05, 0.1) is 43.3 Å². The van der Waals surface area contributed by atoms with Gasteiger partial charge in [0.15, 0.2) is 6.61 Å². The molecule has 10 nitrogen and oxygen atoms in total. The van der Waals surface area contributed by atoms with Gasteiger partial charge in [0.1, 0.15) is 29.1 Å². The van der Waals surface area contributed by atoms with E-state index in [1.54, 1.807) is 53.4 Å². The van der Waals surface area contributed by atoms with Crippen LogP contribution in [-0.4, -0.2) is 68.7 Å². The lowest BCUT2D eigenvalue weighted by atomic mass is 10.1. The van der Waals surface area contributed by atoms with Gasteiger partial charge >= 0.3 is 0 Å². The third-order valence-electron chi connectivity index (χ3n) is 7.04. The Kier molecular flexibility index (Phi) is 8.94. The Labute approximate surface area is 252 Å². The largest absolute Gasteiger partial charge is 0.497 e. The summed E-state index contributed by atoms with van der Waals surface area (Å²) >= 11 is 12.2. The standard InChI is InChI=1S/C30H29Cl2N3O7/c1-39-21-9-19-10-22(11-21)41-16-28(36)33-13-18-4-5-20(12-26(18)40-2)42-27-15-35(14-25(27)34-30(19)38)29(37)8-17-3-6-23(31)24(32)7-17/h3-7,9-12,25,27H,8,13-16H2,1-2H3,(H,33,36)(H,34,38)/t25-,27-/m0/s1. The minimum atomic E-state index is -0.570. The smallest absolute Gasteiger partial charge is 0.258 e. The van der Waals surface area contributed by atoms with Crippen molar-refractivity contribution in [3.8, 4) is 23.0 Å². The van der Waals surface area contributed by atoms with E-state index in [2.05, 4.69) is 10.6 Å². The number of nitrogens with one attached hydrogen (secondary N) is 2. The first-order valence-electron chi connectivity index (χ1n) is 13.2. The number of hydrogen-bond donors (Lipinski definition) is 2. The van der Waals surface area contributed by atoms with E-state index >= 15 is 0 Å². The number of methoxy groups -OCH3 is 2. The predicted octanol–water partition coefficient (Wildman–Crippen LogP) is 3.65. The summed E-state index contributed by atoms with van der Waals surface area (Å²) in [6.45, 7) is 0.395. The number of amides is 3. The Morgan fingerprint density at radius 1 is 0.976 bits per heavy atom. The number of halogens is 2. The van der Waals surface area contributed by atoms with Crippen molar-refractivity contribution in [3.63, 3.8) is 0 Å². The van der Waals surface area contributed by atoms with Gasteiger partial charge in [-0.15, -0.1) is 0 Å². The number of fused-ring (bicyclic) bond motifs is 7. The molecule has 3 amide bonds. The molecule has 12 heteroatoms. The molecule has 3 aliphatic heterocycles. The van der Waals surface area contributed by atoms with Crippen molar-refractivity contribution in [3.05, 3.63) is 81.3 Å². The summed E-state index contributed by atoms with van der Waals surface area (Å²) in [6, 6.07) is 14.5. The molecule has 3 aromatic carbocycles. The van der Waals surface area contributed by atoms with Crippen molar-refractivity contribution in [2.24, 2.45) is 0 Å². The van der Waals surface area contributed by atoms with Crippen LogP contribution in [0.1, 0.15) is 21.5 Å². The maximum Gasteiger partial charge on any atom is 0.258 e. The van der Waals surface area contributed by atoms with Crippen LogP contribution in [0, 0.1) is 0 Å². The molecule has 3 aromatic rings. The molecule has 42 heavy (non-hydrogen) atoms. The zero-order chi connectivity index (χ0) is 29.8. The van der Waals surface area contributed by atoms with Gasteiger partial charge in [0, 0.05) is 36.3 Å². The SMILES string of the molecule is COc1cc2cc(c1)C(=O)N[C@H]1CN(C(=O)Cc3ccc(Cl)c(Cl)c3)C[C@@H]1Oc1ccc(c(OC)c1)CNC(=O)CO2. The van der Waals surface area contributed by atoms with E-state index in [4.69, 9.17) is 42.1 Å². The van der Waals surface area contributed by atoms with Crippen LogP contribution in [0.3, 0.4) is 0 Å². The minimum Gasteiger partial charge on any atom is -0.497 e. The summed E-state index contributed by atoms with van der Waals surface area (Å²) in [5, 5.41) is 6.59. The van der Waals surface area contributed by atoms with Gasteiger partial charge in [-0.05, 0) is 42.0 Å². The highest BCUT2D eigenvalue weighted by molar-refractivity contribution is 6.42. The summed E-state index contributed by atoms with van der Waals surface area (Å²) in [4.78, 5) is 40.9. The number of carbonyl (C=O) groups is 3. The van der Waals surface area contributed by atoms with E-state index in [-0.39, 0.29) is 55.8 Å². The quantitative estimate of drug-likeness (QED) is 0.461. The van der Waals surface area contributed by atoms with E-state index in [9.17, 15) is 14.4 Å². The third-order valence-corrected chi connectivity index (χ3v) is 7.78. The zero-order valence-corrected chi connectivity index (χ0v) is 24.5. The molecule has 0 aromatic heterocycles. The maximum atomic E-state index is 13.5. The average Bonchev–Trinajstić information content (AvgIpc) is 3.38. The molecule has 0 saturated carbocycles. The lowest BCUT2D eigenvalue weighted by Crippen LogP contribution is -2.45. The molecule has 0 aliphatic carbocycles. The normalized spacial score (nSPS) is 18.6. The molecule has 2 atom stereocenters. The van der Waals surface area contributed by atoms with Crippen molar-refractivity contribution in [2.75, 3.05) is 33.9 Å². The van der Waals surface area contributed by atoms with Gasteiger partial charge < -0.3 is 34.5 Å². The second kappa shape index (κ2) is 12.8. The zero-order valence-electron chi connectivity index (χ0n) is 22.9. The molecule has 1 saturated heterocycles. The minimum absolute atomic E-state index is 0.106. The summed E-state index contributed by atoms with van der Waals surface area (Å²) < 4.78 is 22.9. The molecule has 0 unspecified atom stereocenters. The fourth-order valence-electron chi connectivity index (χ4n) is 4.84. The van der Waals surface area contributed by atoms with Crippen LogP contribution < -0.4 is 29.6 Å². The Morgan fingerprint density at radius 3 is 2.57 bits per heavy atom. The summed E-state index contributed by atoms with van der Waals surface area (Å²) in [6.07, 6.45) is -0.464. The van der Waals surface area contributed by atoms with Crippen LogP contribution in [0.15, 0.2) is 54.6 Å². The van der Waals surface area contributed by atoms with E-state index in [0.29, 0.717) is 27.3 Å². The number of ether oxygens (including phenoxy) is 4. The number of rotatable bonds is 4. The number of likely N-dealkylation sites (tertiary alicyclic amines) is 1. The first-order chi connectivity index (χ1) is 20.2. The van der Waals surface area contributed by atoms with Gasteiger partial charge in [-0.1, -0.05) is 29.3 Å². The van der Waals surface area contributed by atoms with Crippen molar-refractivity contribution in [2.45, 2.75) is 25.1 Å². The Balaban J connectivity index is 1.44. The van der Waals surface area contributed by atoms with Crippen LogP contribution in [0.25, 0.3) is 0 Å². The number of hydrogen-bond acceptors (Lipinski definition) is 7. The predicted molar refractivity (Wildman–Crippen MR) is 156 cm³/mol. The second-order valence-electron chi connectivity index (χ2n) is 9.90. The van der Waals surface area contributed by atoms with Crippen LogP contribution in [-0.2, 0) is 22.6 Å². The van der Waals surface area contributed by atoms with Crippen LogP contribution in [0.2, 0.25) is 10.0 Å². The molecule has 220 valence electrons. The lowest BCUT2D eigenvalue weighted by molar-refractivity contribution is -0.129. The number of carbonyl (C=O) groups excluding carboxylic acids is 3. The highest BCUT2D eigenvalue weighted by Crippen LogP contribution is 2.29. The Hall–Kier alpha value is -4.15. The highest BCUT2D eigenvalue weighted by Gasteiger charge is 2.38. The second-order valence-corrected chi connectivity index (χ2v) is 10.7. The fraction of sp³-hybridized carbons (Fsp3) is 0.300. The molecular formula is C30H29Cl2N3O7. The molecule has 3 aliphatic rings. The van der Waals surface area contributed by atoms with Gasteiger partial charge in [0.2, 0.25) is 5.91 Å². The topological polar surface area (TPSA) is 115 Å². The number of nitrogens with zero attached hydrogens (tertiary/aromatic N) is 1. The number of benzene rings is 3. The van der Waals surface area contributed by atoms with Gasteiger partial charge in [0.25, 0.3) is 11.8 Å². The molecule has 1 fully saturated rings. The van der Waals surface area contributed by atoms with Crippen molar-refractivity contribution >= 4 is 40.9 Å². The van der Waals surface area contributed by atoms with Crippen LogP contribution >= 0.6 is 23.2 Å². The monoisotopic (exact) mass is 613 g/mol. The molecule has 2 N–H and O–H groups in total. The summed E-state index contributed by atoms with van der Waals surface area (Å²) in [5.41, 5.74) is 1.72. The molecule has 0 spiro atoms. The first kappa shape index (κ1) is 29.3. The van der Waals surface area contributed by atoms with E-state index in [1.165, 1.54) is 20.3 Å².